The third-order valence-corrected chi connectivity index (χ3v) is 2.58. The van der Waals surface area contributed by atoms with Crippen LogP contribution in [-0.4, -0.2) is 37.4 Å². The molecule has 0 aromatic heterocycles. The Balaban J connectivity index is 2.51. The first-order chi connectivity index (χ1) is 9.04. The van der Waals surface area contributed by atoms with E-state index in [4.69, 9.17) is 21.4 Å². The van der Waals surface area contributed by atoms with Crippen LogP contribution in [0.15, 0.2) is 18.2 Å². The second kappa shape index (κ2) is 7.60. The van der Waals surface area contributed by atoms with Gasteiger partial charge in [0.2, 0.25) is 0 Å². The lowest BCUT2D eigenvalue weighted by atomic mass is 10.2. The quantitative estimate of drug-likeness (QED) is 0.700. The summed E-state index contributed by atoms with van der Waals surface area (Å²) in [6.45, 7) is 1.06. The van der Waals surface area contributed by atoms with Crippen LogP contribution < -0.4 is 10.6 Å². The molecule has 0 atom stereocenters. The highest BCUT2D eigenvalue weighted by molar-refractivity contribution is 6.33. The van der Waals surface area contributed by atoms with E-state index in [1.165, 1.54) is 18.2 Å². The van der Waals surface area contributed by atoms with Crippen molar-refractivity contribution >= 4 is 29.3 Å². The van der Waals surface area contributed by atoms with E-state index < -0.39 is 5.97 Å². The normalized spacial score (nSPS) is 10.0. The van der Waals surface area contributed by atoms with E-state index in [1.807, 2.05) is 0 Å². The first-order valence-electron chi connectivity index (χ1n) is 5.61. The zero-order valence-corrected chi connectivity index (χ0v) is 11.2. The molecule has 0 radical (unpaired) electrons. The number of carbonyl (C=O) groups excluding carboxylic acids is 1. The lowest BCUT2D eigenvalue weighted by molar-refractivity contribution is 0.0697. The minimum absolute atomic E-state index is 0.00674. The summed E-state index contributed by atoms with van der Waals surface area (Å²) in [4.78, 5) is 22.2. The summed E-state index contributed by atoms with van der Waals surface area (Å²) in [5.74, 6) is -1.11. The number of benzene rings is 1. The van der Waals surface area contributed by atoms with Crippen LogP contribution in [0.2, 0.25) is 5.02 Å². The number of amides is 2. The molecule has 19 heavy (non-hydrogen) atoms. The predicted molar refractivity (Wildman–Crippen MR) is 71.9 cm³/mol. The van der Waals surface area contributed by atoms with Crippen molar-refractivity contribution in [2.75, 3.05) is 25.6 Å². The standard InChI is InChI=1S/C12H15ClN2O4/c1-19-6-2-5-14-12(18)15-8-3-4-9(11(16)17)10(13)7-8/h3-4,7H,2,5-6H2,1H3,(H,16,17)(H2,14,15,18). The summed E-state index contributed by atoms with van der Waals surface area (Å²) in [5.41, 5.74) is 0.423. The number of rotatable bonds is 6. The van der Waals surface area contributed by atoms with Gasteiger partial charge in [-0.15, -0.1) is 0 Å². The van der Waals surface area contributed by atoms with E-state index in [0.717, 1.165) is 0 Å². The number of nitrogens with one attached hydrogen (secondary N) is 2. The number of hydrogen-bond donors (Lipinski definition) is 3. The third kappa shape index (κ3) is 5.15. The van der Waals surface area contributed by atoms with Crippen molar-refractivity contribution in [1.29, 1.82) is 0 Å². The van der Waals surface area contributed by atoms with Gasteiger partial charge in [0.25, 0.3) is 0 Å². The fourth-order valence-electron chi connectivity index (χ4n) is 1.36. The summed E-state index contributed by atoms with van der Waals surface area (Å²) in [6, 6.07) is 3.82. The summed E-state index contributed by atoms with van der Waals surface area (Å²) in [6.07, 6.45) is 0.711. The molecule has 0 saturated carbocycles. The number of ether oxygens (including phenoxy) is 1. The number of anilines is 1. The maximum atomic E-state index is 11.5. The Morgan fingerprint density at radius 2 is 2.16 bits per heavy atom. The molecule has 0 unspecified atom stereocenters. The van der Waals surface area contributed by atoms with Gasteiger partial charge in [-0.3, -0.25) is 0 Å². The molecule has 0 aliphatic heterocycles. The van der Waals surface area contributed by atoms with Crippen molar-refractivity contribution in [3.05, 3.63) is 28.8 Å². The van der Waals surface area contributed by atoms with Crippen LogP contribution in [-0.2, 0) is 4.74 Å². The van der Waals surface area contributed by atoms with E-state index in [2.05, 4.69) is 10.6 Å². The van der Waals surface area contributed by atoms with Gasteiger partial charge in [0.1, 0.15) is 0 Å². The number of methoxy groups -OCH3 is 1. The molecule has 0 spiro atoms. The number of halogens is 1. The van der Waals surface area contributed by atoms with Crippen LogP contribution in [0, 0.1) is 0 Å². The van der Waals surface area contributed by atoms with E-state index in [-0.39, 0.29) is 16.6 Å². The number of hydrogen-bond acceptors (Lipinski definition) is 3. The second-order valence-electron chi connectivity index (χ2n) is 3.73. The summed E-state index contributed by atoms with van der Waals surface area (Å²) in [5, 5.41) is 14.1. The fourth-order valence-corrected chi connectivity index (χ4v) is 1.62. The fraction of sp³-hybridized carbons (Fsp3) is 0.333. The highest BCUT2D eigenvalue weighted by Gasteiger charge is 2.09. The highest BCUT2D eigenvalue weighted by Crippen LogP contribution is 2.20. The molecule has 0 saturated heterocycles. The molecule has 104 valence electrons. The van der Waals surface area contributed by atoms with Crippen LogP contribution >= 0.6 is 11.6 Å². The van der Waals surface area contributed by atoms with Gasteiger partial charge in [-0.25, -0.2) is 9.59 Å². The summed E-state index contributed by atoms with van der Waals surface area (Å²) in [7, 11) is 1.59. The Morgan fingerprint density at radius 3 is 2.74 bits per heavy atom. The maximum Gasteiger partial charge on any atom is 0.337 e. The van der Waals surface area contributed by atoms with E-state index in [9.17, 15) is 9.59 Å². The lowest BCUT2D eigenvalue weighted by Gasteiger charge is -2.08. The molecule has 0 aliphatic carbocycles. The van der Waals surface area contributed by atoms with Crippen molar-refractivity contribution in [2.45, 2.75) is 6.42 Å². The minimum Gasteiger partial charge on any atom is -0.478 e. The molecule has 6 nitrogen and oxygen atoms in total. The van der Waals surface area contributed by atoms with Crippen LogP contribution in [0.4, 0.5) is 10.5 Å². The van der Waals surface area contributed by atoms with Crippen molar-refractivity contribution in [2.24, 2.45) is 0 Å². The average Bonchev–Trinajstić information content (AvgIpc) is 2.34. The van der Waals surface area contributed by atoms with Gasteiger partial charge in [-0.1, -0.05) is 11.6 Å². The van der Waals surface area contributed by atoms with E-state index in [0.29, 0.717) is 25.3 Å². The molecule has 0 heterocycles. The van der Waals surface area contributed by atoms with Gasteiger partial charge in [0, 0.05) is 25.9 Å². The van der Waals surface area contributed by atoms with E-state index >= 15 is 0 Å². The molecule has 2 amide bonds. The first kappa shape index (κ1) is 15.3. The molecule has 1 aromatic rings. The molecular formula is C12H15ClN2O4. The Kier molecular flexibility index (Phi) is 6.11. The molecule has 0 fully saturated rings. The van der Waals surface area contributed by atoms with Gasteiger partial charge < -0.3 is 20.5 Å². The summed E-state index contributed by atoms with van der Waals surface area (Å²) >= 11 is 5.78. The van der Waals surface area contributed by atoms with Gasteiger partial charge in [-0.2, -0.15) is 0 Å². The van der Waals surface area contributed by atoms with Gasteiger partial charge in [0.15, 0.2) is 0 Å². The van der Waals surface area contributed by atoms with Gasteiger partial charge in [0.05, 0.1) is 10.6 Å². The van der Waals surface area contributed by atoms with Crippen LogP contribution in [0.25, 0.3) is 0 Å². The SMILES string of the molecule is COCCCNC(=O)Nc1ccc(C(=O)O)c(Cl)c1. The Hall–Kier alpha value is -1.79. The van der Waals surface area contributed by atoms with Crippen LogP contribution in [0.1, 0.15) is 16.8 Å². The number of aromatic carboxylic acids is 1. The minimum atomic E-state index is -1.11. The monoisotopic (exact) mass is 286 g/mol. The topological polar surface area (TPSA) is 87.7 Å². The molecule has 1 rings (SSSR count). The van der Waals surface area contributed by atoms with Gasteiger partial charge in [-0.05, 0) is 24.6 Å². The van der Waals surface area contributed by atoms with E-state index in [1.54, 1.807) is 7.11 Å². The zero-order valence-electron chi connectivity index (χ0n) is 10.4. The lowest BCUT2D eigenvalue weighted by Crippen LogP contribution is -2.30. The Morgan fingerprint density at radius 1 is 1.42 bits per heavy atom. The molecule has 7 heteroatoms. The Labute approximate surface area is 115 Å². The number of carbonyl (C=O) groups is 2. The van der Waals surface area contributed by atoms with Crippen molar-refractivity contribution in [3.63, 3.8) is 0 Å². The number of carboxylic acid groups (broad SMARTS) is 1. The predicted octanol–water partition coefficient (Wildman–Crippen LogP) is 2.20. The van der Waals surface area contributed by atoms with Crippen LogP contribution in [0.3, 0.4) is 0 Å². The Bertz CT molecular complexity index is 465. The van der Waals surface area contributed by atoms with Gasteiger partial charge >= 0.3 is 12.0 Å². The molecular weight excluding hydrogens is 272 g/mol. The highest BCUT2D eigenvalue weighted by atomic mass is 35.5. The van der Waals surface area contributed by atoms with Crippen molar-refractivity contribution in [1.82, 2.24) is 5.32 Å². The molecule has 3 N–H and O–H groups in total. The smallest absolute Gasteiger partial charge is 0.337 e. The molecule has 0 bridgehead atoms. The van der Waals surface area contributed by atoms with Crippen molar-refractivity contribution in [3.8, 4) is 0 Å². The molecule has 1 aromatic carbocycles. The molecule has 0 aliphatic rings. The largest absolute Gasteiger partial charge is 0.478 e. The number of urea groups is 1. The average molecular weight is 287 g/mol. The van der Waals surface area contributed by atoms with Crippen LogP contribution in [0.5, 0.6) is 0 Å². The zero-order chi connectivity index (χ0) is 14.3. The van der Waals surface area contributed by atoms with Crippen molar-refractivity contribution < 1.29 is 19.4 Å². The maximum absolute atomic E-state index is 11.5. The summed E-state index contributed by atoms with van der Waals surface area (Å²) < 4.78 is 4.85. The third-order valence-electron chi connectivity index (χ3n) is 2.27. The number of carboxylic acids is 1. The second-order valence-corrected chi connectivity index (χ2v) is 4.13. The first-order valence-corrected chi connectivity index (χ1v) is 5.99.